The summed E-state index contributed by atoms with van der Waals surface area (Å²) in [4.78, 5) is 4.41. The summed E-state index contributed by atoms with van der Waals surface area (Å²) in [5, 5.41) is 0. The van der Waals surface area contributed by atoms with E-state index < -0.39 is 23.6 Å². The third-order valence-electron chi connectivity index (χ3n) is 1.78. The highest BCUT2D eigenvalue weighted by Crippen LogP contribution is 2.23. The molecule has 0 saturated heterocycles. The van der Waals surface area contributed by atoms with Crippen LogP contribution in [0.3, 0.4) is 0 Å². The normalized spacial score (nSPS) is 11.1. The van der Waals surface area contributed by atoms with Gasteiger partial charge in [-0.05, 0) is 12.1 Å². The van der Waals surface area contributed by atoms with Gasteiger partial charge in [0.25, 0.3) is 6.43 Å². The van der Waals surface area contributed by atoms with Crippen molar-refractivity contribution in [1.82, 2.24) is 5.48 Å². The molecule has 15 heavy (non-hydrogen) atoms. The molecule has 0 aliphatic carbocycles. The van der Waals surface area contributed by atoms with Crippen LogP contribution in [0.4, 0.5) is 17.6 Å². The van der Waals surface area contributed by atoms with Crippen molar-refractivity contribution in [3.63, 3.8) is 0 Å². The molecule has 0 radical (unpaired) electrons. The van der Waals surface area contributed by atoms with E-state index in [2.05, 4.69) is 10.3 Å². The highest BCUT2D eigenvalue weighted by Gasteiger charge is 2.15. The van der Waals surface area contributed by atoms with Crippen molar-refractivity contribution < 1.29 is 22.4 Å². The Morgan fingerprint density at radius 1 is 1.33 bits per heavy atom. The monoisotopic (exact) mass is 223 g/mol. The predicted molar refractivity (Wildman–Crippen MR) is 45.2 cm³/mol. The smallest absolute Gasteiger partial charge is 0.263 e. The van der Waals surface area contributed by atoms with E-state index >= 15 is 0 Å². The van der Waals surface area contributed by atoms with E-state index in [0.29, 0.717) is 6.07 Å². The van der Waals surface area contributed by atoms with Crippen LogP contribution in [0, 0.1) is 11.6 Å². The number of halogens is 4. The molecular formula is C9H9F4NO. The van der Waals surface area contributed by atoms with E-state index in [1.165, 1.54) is 7.11 Å². The lowest BCUT2D eigenvalue weighted by Crippen LogP contribution is -2.13. The molecule has 0 spiro atoms. The minimum absolute atomic E-state index is 0.181. The summed E-state index contributed by atoms with van der Waals surface area (Å²) in [5.74, 6) is -2.44. The second kappa shape index (κ2) is 5.09. The van der Waals surface area contributed by atoms with Crippen molar-refractivity contribution in [2.45, 2.75) is 13.0 Å². The van der Waals surface area contributed by atoms with Gasteiger partial charge >= 0.3 is 0 Å². The van der Waals surface area contributed by atoms with Gasteiger partial charge in [-0.3, -0.25) is 0 Å². The number of hydrogen-bond acceptors (Lipinski definition) is 2. The first-order valence-corrected chi connectivity index (χ1v) is 4.08. The van der Waals surface area contributed by atoms with E-state index in [1.807, 2.05) is 0 Å². The molecule has 0 bridgehead atoms. The number of benzene rings is 1. The van der Waals surface area contributed by atoms with Gasteiger partial charge in [-0.2, -0.15) is 5.48 Å². The van der Waals surface area contributed by atoms with Crippen molar-refractivity contribution in [1.29, 1.82) is 0 Å². The number of alkyl halides is 2. The molecule has 0 aliphatic rings. The number of nitrogens with one attached hydrogen (secondary N) is 1. The van der Waals surface area contributed by atoms with Gasteiger partial charge in [0, 0.05) is 17.7 Å². The van der Waals surface area contributed by atoms with Crippen molar-refractivity contribution in [2.24, 2.45) is 0 Å². The summed E-state index contributed by atoms with van der Waals surface area (Å²) in [7, 11) is 1.28. The van der Waals surface area contributed by atoms with Gasteiger partial charge in [-0.1, -0.05) is 0 Å². The average molecular weight is 223 g/mol. The zero-order chi connectivity index (χ0) is 11.4. The molecule has 0 fully saturated rings. The molecule has 0 saturated carbocycles. The lowest BCUT2D eigenvalue weighted by Gasteiger charge is -2.07. The molecule has 2 nitrogen and oxygen atoms in total. The standard InChI is InChI=1S/C9H9F4NO/c1-15-14-4-6-2-5(9(12)13)3-7(10)8(6)11/h2-3,9,14H,4H2,1H3. The van der Waals surface area contributed by atoms with Crippen LogP contribution in [0.25, 0.3) is 0 Å². The van der Waals surface area contributed by atoms with Crippen LogP contribution >= 0.6 is 0 Å². The fourth-order valence-corrected chi connectivity index (χ4v) is 1.07. The molecule has 0 unspecified atom stereocenters. The Bertz CT molecular complexity index is 343. The second-order valence-electron chi connectivity index (χ2n) is 2.80. The van der Waals surface area contributed by atoms with Crippen LogP contribution in [0.2, 0.25) is 0 Å². The SMILES string of the molecule is CONCc1cc(C(F)F)cc(F)c1F. The van der Waals surface area contributed by atoms with Crippen molar-refractivity contribution in [2.75, 3.05) is 7.11 Å². The van der Waals surface area contributed by atoms with E-state index in [4.69, 9.17) is 0 Å². The predicted octanol–water partition coefficient (Wildman–Crippen LogP) is 2.55. The number of rotatable bonds is 4. The zero-order valence-electron chi connectivity index (χ0n) is 7.86. The number of hydrogen-bond donors (Lipinski definition) is 1. The molecule has 0 aliphatic heterocycles. The minimum Gasteiger partial charge on any atom is -0.305 e. The highest BCUT2D eigenvalue weighted by molar-refractivity contribution is 5.27. The van der Waals surface area contributed by atoms with Gasteiger partial charge in [0.1, 0.15) is 0 Å². The van der Waals surface area contributed by atoms with Gasteiger partial charge in [0.05, 0.1) is 7.11 Å². The van der Waals surface area contributed by atoms with Crippen LogP contribution in [-0.4, -0.2) is 7.11 Å². The van der Waals surface area contributed by atoms with E-state index in [9.17, 15) is 17.6 Å². The molecule has 0 atom stereocenters. The van der Waals surface area contributed by atoms with Crippen LogP contribution in [0.5, 0.6) is 0 Å². The van der Waals surface area contributed by atoms with Crippen LogP contribution in [-0.2, 0) is 11.4 Å². The first kappa shape index (κ1) is 11.9. The zero-order valence-corrected chi connectivity index (χ0v) is 7.86. The Balaban J connectivity index is 3.02. The average Bonchev–Trinajstić information content (AvgIpc) is 2.19. The third-order valence-corrected chi connectivity index (χ3v) is 1.78. The summed E-state index contributed by atoms with van der Waals surface area (Å²) in [6.45, 7) is -0.181. The first-order chi connectivity index (χ1) is 7.06. The molecule has 1 aromatic carbocycles. The lowest BCUT2D eigenvalue weighted by atomic mass is 10.1. The quantitative estimate of drug-likeness (QED) is 0.625. The molecule has 1 N–H and O–H groups in total. The van der Waals surface area contributed by atoms with E-state index in [1.54, 1.807) is 0 Å². The van der Waals surface area contributed by atoms with E-state index in [0.717, 1.165) is 6.07 Å². The highest BCUT2D eigenvalue weighted by atomic mass is 19.3. The maximum atomic E-state index is 13.1. The molecular weight excluding hydrogens is 214 g/mol. The van der Waals surface area contributed by atoms with Gasteiger partial charge in [0.15, 0.2) is 11.6 Å². The van der Waals surface area contributed by atoms with Gasteiger partial charge in [-0.15, -0.1) is 0 Å². The topological polar surface area (TPSA) is 21.3 Å². The summed E-state index contributed by atoms with van der Waals surface area (Å²) in [6, 6.07) is 1.38. The Morgan fingerprint density at radius 3 is 2.53 bits per heavy atom. The van der Waals surface area contributed by atoms with Gasteiger partial charge in [0.2, 0.25) is 0 Å². The molecule has 1 aromatic rings. The summed E-state index contributed by atoms with van der Waals surface area (Å²) in [5.41, 5.74) is 1.49. The second-order valence-corrected chi connectivity index (χ2v) is 2.80. The Labute approximate surface area is 83.8 Å². The van der Waals surface area contributed by atoms with Crippen LogP contribution in [0.15, 0.2) is 12.1 Å². The summed E-state index contributed by atoms with van der Waals surface area (Å²) >= 11 is 0. The summed E-state index contributed by atoms with van der Waals surface area (Å²) < 4.78 is 50.4. The largest absolute Gasteiger partial charge is 0.305 e. The summed E-state index contributed by atoms with van der Waals surface area (Å²) in [6.07, 6.45) is -2.83. The fraction of sp³-hybridized carbons (Fsp3) is 0.333. The Hall–Kier alpha value is -1.14. The molecule has 84 valence electrons. The lowest BCUT2D eigenvalue weighted by molar-refractivity contribution is 0.0855. The van der Waals surface area contributed by atoms with Crippen molar-refractivity contribution in [3.05, 3.63) is 34.9 Å². The van der Waals surface area contributed by atoms with Gasteiger partial charge in [-0.25, -0.2) is 17.6 Å². The number of hydroxylamine groups is 1. The Morgan fingerprint density at radius 2 is 2.00 bits per heavy atom. The Kier molecular flexibility index (Phi) is 4.05. The van der Waals surface area contributed by atoms with Crippen molar-refractivity contribution >= 4 is 0 Å². The third kappa shape index (κ3) is 2.90. The maximum absolute atomic E-state index is 13.1. The fourth-order valence-electron chi connectivity index (χ4n) is 1.07. The molecule has 6 heteroatoms. The van der Waals surface area contributed by atoms with Crippen LogP contribution < -0.4 is 5.48 Å². The van der Waals surface area contributed by atoms with E-state index in [-0.39, 0.29) is 12.1 Å². The molecule has 0 heterocycles. The molecule has 0 aromatic heterocycles. The molecule has 0 amide bonds. The first-order valence-electron chi connectivity index (χ1n) is 4.08. The van der Waals surface area contributed by atoms with Gasteiger partial charge < -0.3 is 4.84 Å². The van der Waals surface area contributed by atoms with Crippen LogP contribution in [0.1, 0.15) is 17.6 Å². The minimum atomic E-state index is -2.83. The maximum Gasteiger partial charge on any atom is 0.263 e. The molecule has 1 rings (SSSR count). The van der Waals surface area contributed by atoms with Crippen molar-refractivity contribution in [3.8, 4) is 0 Å².